The van der Waals surface area contributed by atoms with Crippen LogP contribution in [0.25, 0.3) is 0 Å². The highest BCUT2D eigenvalue weighted by Crippen LogP contribution is 2.31. The maximum Gasteiger partial charge on any atom is 0.511 e. The Morgan fingerprint density at radius 1 is 1.13 bits per heavy atom. The van der Waals surface area contributed by atoms with Crippen LogP contribution in [0.4, 0.5) is 13.2 Å². The van der Waals surface area contributed by atoms with Gasteiger partial charge in [-0.05, 0) is 37.7 Å². The molecule has 0 amide bonds. The minimum Gasteiger partial charge on any atom is -0.357 e. The molecule has 2 saturated heterocycles. The smallest absolute Gasteiger partial charge is 0.357 e. The van der Waals surface area contributed by atoms with Gasteiger partial charge >= 0.3 is 15.5 Å². The van der Waals surface area contributed by atoms with Gasteiger partial charge < -0.3 is 10.2 Å². The van der Waals surface area contributed by atoms with Crippen molar-refractivity contribution >= 4 is 40.0 Å². The Labute approximate surface area is 199 Å². The van der Waals surface area contributed by atoms with E-state index in [1.165, 1.54) is 5.56 Å². The quantitative estimate of drug-likeness (QED) is 0.332. The van der Waals surface area contributed by atoms with Gasteiger partial charge in [0.05, 0.1) is 0 Å². The van der Waals surface area contributed by atoms with E-state index in [4.69, 9.17) is 4.99 Å². The minimum absolute atomic E-state index is 0. The van der Waals surface area contributed by atoms with Crippen molar-refractivity contribution in [1.82, 2.24) is 14.5 Å². The van der Waals surface area contributed by atoms with Gasteiger partial charge in [-0.1, -0.05) is 30.3 Å². The molecule has 1 aromatic carbocycles. The van der Waals surface area contributed by atoms with Crippen LogP contribution in [0.15, 0.2) is 35.3 Å². The number of piperidine rings is 1. The number of halogens is 4. The van der Waals surface area contributed by atoms with E-state index in [-0.39, 0.29) is 43.0 Å². The zero-order valence-corrected chi connectivity index (χ0v) is 20.7. The van der Waals surface area contributed by atoms with Gasteiger partial charge in [-0.3, -0.25) is 4.99 Å². The summed E-state index contributed by atoms with van der Waals surface area (Å²) in [5.41, 5.74) is -3.92. The number of rotatable bonds is 5. The van der Waals surface area contributed by atoms with Crippen molar-refractivity contribution in [2.24, 2.45) is 10.9 Å². The highest BCUT2D eigenvalue weighted by atomic mass is 127. The van der Waals surface area contributed by atoms with E-state index in [1.54, 1.807) is 0 Å². The van der Waals surface area contributed by atoms with Crippen LogP contribution in [0.2, 0.25) is 0 Å². The molecule has 176 valence electrons. The largest absolute Gasteiger partial charge is 0.511 e. The van der Waals surface area contributed by atoms with Crippen LogP contribution >= 0.6 is 24.0 Å². The number of sulfonamides is 1. The average molecular weight is 574 g/mol. The van der Waals surface area contributed by atoms with Gasteiger partial charge in [0, 0.05) is 45.2 Å². The number of hydrogen-bond acceptors (Lipinski definition) is 3. The molecule has 3 rings (SSSR count). The summed E-state index contributed by atoms with van der Waals surface area (Å²) in [5, 5.41) is 3.31. The highest BCUT2D eigenvalue weighted by Gasteiger charge is 2.50. The van der Waals surface area contributed by atoms with E-state index in [0.717, 1.165) is 32.0 Å². The lowest BCUT2D eigenvalue weighted by Gasteiger charge is -2.31. The second kappa shape index (κ2) is 11.2. The molecule has 0 aromatic heterocycles. The lowest BCUT2D eigenvalue weighted by atomic mass is 9.98. The molecule has 6 nitrogen and oxygen atoms in total. The number of likely N-dealkylation sites (tertiary alicyclic amines) is 1. The molecule has 2 aliphatic heterocycles. The van der Waals surface area contributed by atoms with Crippen molar-refractivity contribution < 1.29 is 21.6 Å². The zero-order valence-electron chi connectivity index (χ0n) is 17.5. The SMILES string of the molecule is CCNC(=NCC1CCN(S(=O)(=O)C(F)(F)F)CC1)N1CCC(c2ccccc2)C1.I. The number of aliphatic imine (C=N–C) groups is 1. The lowest BCUT2D eigenvalue weighted by molar-refractivity contribution is -0.0496. The van der Waals surface area contributed by atoms with Gasteiger partial charge in [0.1, 0.15) is 0 Å². The van der Waals surface area contributed by atoms with Crippen molar-refractivity contribution in [1.29, 1.82) is 0 Å². The monoisotopic (exact) mass is 574 g/mol. The standard InChI is InChI=1S/C20H29F3N4O2S.HI/c1-2-24-19(26-11-10-18(15-26)17-6-4-3-5-7-17)25-14-16-8-12-27(13-9-16)30(28,29)20(21,22)23;/h3-7,16,18H,2,8-15H2,1H3,(H,24,25);1H. The molecule has 0 radical (unpaired) electrons. The van der Waals surface area contributed by atoms with Crippen LogP contribution in [-0.2, 0) is 10.0 Å². The first kappa shape index (κ1) is 26.2. The van der Waals surface area contributed by atoms with Crippen LogP contribution < -0.4 is 5.32 Å². The number of nitrogens with zero attached hydrogens (tertiary/aromatic N) is 3. The normalized spacial score (nSPS) is 21.7. The Bertz CT molecular complexity index is 829. The molecule has 1 aromatic rings. The number of hydrogen-bond donors (Lipinski definition) is 1. The Kier molecular flexibility index (Phi) is 9.43. The summed E-state index contributed by atoms with van der Waals surface area (Å²) < 4.78 is 61.8. The molecule has 31 heavy (non-hydrogen) atoms. The average Bonchev–Trinajstić information content (AvgIpc) is 3.21. The highest BCUT2D eigenvalue weighted by molar-refractivity contribution is 14.0. The molecule has 11 heteroatoms. The Morgan fingerprint density at radius 3 is 2.35 bits per heavy atom. The Hall–Kier alpha value is -1.08. The van der Waals surface area contributed by atoms with Crippen LogP contribution in [0.5, 0.6) is 0 Å². The molecule has 2 fully saturated rings. The molecule has 0 aliphatic carbocycles. The van der Waals surface area contributed by atoms with Gasteiger partial charge in [-0.25, -0.2) is 8.42 Å². The molecule has 0 spiro atoms. The summed E-state index contributed by atoms with van der Waals surface area (Å²) in [6, 6.07) is 10.4. The summed E-state index contributed by atoms with van der Waals surface area (Å²) in [7, 11) is -5.23. The lowest BCUT2D eigenvalue weighted by Crippen LogP contribution is -2.45. The van der Waals surface area contributed by atoms with Gasteiger partial charge in [0.15, 0.2) is 5.96 Å². The summed E-state index contributed by atoms with van der Waals surface area (Å²) in [4.78, 5) is 6.95. The summed E-state index contributed by atoms with van der Waals surface area (Å²) in [6.45, 7) is 4.76. The molecule has 0 saturated carbocycles. The van der Waals surface area contributed by atoms with E-state index >= 15 is 0 Å². The zero-order chi connectivity index (χ0) is 21.8. The number of guanidine groups is 1. The van der Waals surface area contributed by atoms with E-state index in [1.807, 2.05) is 25.1 Å². The maximum atomic E-state index is 12.7. The molecule has 1 N–H and O–H groups in total. The predicted octanol–water partition coefficient (Wildman–Crippen LogP) is 3.62. The third kappa shape index (κ3) is 6.47. The molecule has 0 bridgehead atoms. The van der Waals surface area contributed by atoms with Crippen molar-refractivity contribution in [2.75, 3.05) is 39.3 Å². The molecule has 2 heterocycles. The summed E-state index contributed by atoms with van der Waals surface area (Å²) in [5.74, 6) is 1.35. The second-order valence-electron chi connectivity index (χ2n) is 7.83. The first-order chi connectivity index (χ1) is 14.2. The number of benzene rings is 1. The molecular formula is C20H30F3IN4O2S. The number of alkyl halides is 3. The van der Waals surface area contributed by atoms with E-state index < -0.39 is 15.5 Å². The maximum absolute atomic E-state index is 12.7. The van der Waals surface area contributed by atoms with Gasteiger partial charge in [0.25, 0.3) is 0 Å². The fourth-order valence-electron chi connectivity index (χ4n) is 4.07. The predicted molar refractivity (Wildman–Crippen MR) is 126 cm³/mol. The van der Waals surface area contributed by atoms with Gasteiger partial charge in [-0.2, -0.15) is 17.5 Å². The molecule has 1 atom stereocenters. The Morgan fingerprint density at radius 2 is 1.77 bits per heavy atom. The summed E-state index contributed by atoms with van der Waals surface area (Å²) in [6.07, 6.45) is 1.80. The Balaban J connectivity index is 0.00000341. The summed E-state index contributed by atoms with van der Waals surface area (Å²) >= 11 is 0. The third-order valence-electron chi connectivity index (χ3n) is 5.80. The molecular weight excluding hydrogens is 544 g/mol. The second-order valence-corrected chi connectivity index (χ2v) is 9.76. The minimum atomic E-state index is -5.23. The van der Waals surface area contributed by atoms with Crippen molar-refractivity contribution in [3.63, 3.8) is 0 Å². The van der Waals surface area contributed by atoms with Crippen molar-refractivity contribution in [3.8, 4) is 0 Å². The van der Waals surface area contributed by atoms with Crippen LogP contribution in [0, 0.1) is 5.92 Å². The van der Waals surface area contributed by atoms with Crippen molar-refractivity contribution in [2.45, 2.75) is 37.6 Å². The molecule has 2 aliphatic rings. The van der Waals surface area contributed by atoms with Crippen molar-refractivity contribution in [3.05, 3.63) is 35.9 Å². The topological polar surface area (TPSA) is 65.0 Å². The van der Waals surface area contributed by atoms with Crippen LogP contribution in [-0.4, -0.2) is 68.4 Å². The first-order valence-electron chi connectivity index (χ1n) is 10.4. The van der Waals surface area contributed by atoms with Gasteiger partial charge in [-0.15, -0.1) is 24.0 Å². The fourth-order valence-corrected chi connectivity index (χ4v) is 5.05. The van der Waals surface area contributed by atoms with Crippen LogP contribution in [0.3, 0.4) is 0 Å². The third-order valence-corrected chi connectivity index (χ3v) is 7.43. The van der Waals surface area contributed by atoms with Gasteiger partial charge in [0.2, 0.25) is 0 Å². The fraction of sp³-hybridized carbons (Fsp3) is 0.650. The van der Waals surface area contributed by atoms with E-state index in [2.05, 4.69) is 22.3 Å². The first-order valence-corrected chi connectivity index (χ1v) is 11.8. The van der Waals surface area contributed by atoms with E-state index in [0.29, 0.717) is 29.6 Å². The molecule has 1 unspecified atom stereocenters. The van der Waals surface area contributed by atoms with Crippen LogP contribution in [0.1, 0.15) is 37.7 Å². The number of nitrogens with one attached hydrogen (secondary N) is 1. The van der Waals surface area contributed by atoms with E-state index in [9.17, 15) is 21.6 Å².